The van der Waals surface area contributed by atoms with Gasteiger partial charge in [-0.3, -0.25) is 0 Å². The molecule has 0 saturated heterocycles. The summed E-state index contributed by atoms with van der Waals surface area (Å²) in [5.41, 5.74) is 8.08. The van der Waals surface area contributed by atoms with E-state index in [0.717, 1.165) is 17.9 Å². The first-order valence-electron chi connectivity index (χ1n) is 7.07. The third-order valence-corrected chi connectivity index (χ3v) is 3.28. The second-order valence-electron chi connectivity index (χ2n) is 6.03. The molecule has 0 fully saturated rings. The zero-order valence-electron chi connectivity index (χ0n) is 12.5. The third kappa shape index (κ3) is 3.61. The summed E-state index contributed by atoms with van der Waals surface area (Å²) in [6.45, 7) is 7.26. The molecule has 0 spiro atoms. The molecule has 106 valence electrons. The lowest BCUT2D eigenvalue weighted by Gasteiger charge is -2.22. The molecule has 0 unspecified atom stereocenters. The van der Waals surface area contributed by atoms with Crippen LogP contribution in [0.1, 0.15) is 31.9 Å². The summed E-state index contributed by atoms with van der Waals surface area (Å²) < 4.78 is 6.04. The van der Waals surface area contributed by atoms with Crippen molar-refractivity contribution in [2.45, 2.75) is 32.6 Å². The van der Waals surface area contributed by atoms with Gasteiger partial charge in [0.1, 0.15) is 11.5 Å². The highest BCUT2D eigenvalue weighted by Crippen LogP contribution is 2.33. The summed E-state index contributed by atoms with van der Waals surface area (Å²) in [5.74, 6) is 1.79. The van der Waals surface area contributed by atoms with Crippen LogP contribution in [-0.2, 0) is 11.8 Å². The van der Waals surface area contributed by atoms with E-state index in [1.165, 1.54) is 11.1 Å². The molecule has 2 heteroatoms. The fraction of sp³-hybridized carbons (Fsp3) is 0.333. The molecule has 0 heterocycles. The smallest absolute Gasteiger partial charge is 0.131 e. The van der Waals surface area contributed by atoms with Crippen LogP contribution in [-0.4, -0.2) is 6.54 Å². The maximum atomic E-state index is 6.04. The van der Waals surface area contributed by atoms with Gasteiger partial charge in [0.25, 0.3) is 0 Å². The first-order valence-corrected chi connectivity index (χ1v) is 7.07. The van der Waals surface area contributed by atoms with Gasteiger partial charge in [-0.2, -0.15) is 0 Å². The average Bonchev–Trinajstić information content (AvgIpc) is 2.41. The summed E-state index contributed by atoms with van der Waals surface area (Å²) >= 11 is 0. The van der Waals surface area contributed by atoms with E-state index in [1.807, 2.05) is 24.3 Å². The lowest BCUT2D eigenvalue weighted by molar-refractivity contribution is 0.455. The summed E-state index contributed by atoms with van der Waals surface area (Å²) in [6.07, 6.45) is 0.902. The van der Waals surface area contributed by atoms with Crippen molar-refractivity contribution in [3.05, 3.63) is 59.7 Å². The maximum Gasteiger partial charge on any atom is 0.131 e. The van der Waals surface area contributed by atoms with Crippen LogP contribution in [0.2, 0.25) is 0 Å². The standard InChI is InChI=1S/C18H23NO/c1-18(2,3)16-6-4-5-7-17(16)20-15-10-8-14(9-11-15)12-13-19/h4-11H,12-13,19H2,1-3H3. The van der Waals surface area contributed by atoms with Crippen LogP contribution in [0.15, 0.2) is 48.5 Å². The fourth-order valence-electron chi connectivity index (χ4n) is 2.19. The first-order chi connectivity index (χ1) is 9.50. The summed E-state index contributed by atoms with van der Waals surface area (Å²) in [4.78, 5) is 0. The number of rotatable bonds is 4. The van der Waals surface area contributed by atoms with Crippen molar-refractivity contribution in [3.8, 4) is 11.5 Å². The molecule has 0 aliphatic rings. The molecule has 2 aromatic rings. The van der Waals surface area contributed by atoms with Crippen molar-refractivity contribution in [1.29, 1.82) is 0 Å². The Hall–Kier alpha value is -1.80. The largest absolute Gasteiger partial charge is 0.457 e. The molecule has 2 rings (SSSR count). The highest BCUT2D eigenvalue weighted by atomic mass is 16.5. The van der Waals surface area contributed by atoms with Gasteiger partial charge in [0.15, 0.2) is 0 Å². The Kier molecular flexibility index (Phi) is 4.46. The summed E-state index contributed by atoms with van der Waals surface area (Å²) in [5, 5.41) is 0. The van der Waals surface area contributed by atoms with Gasteiger partial charge in [-0.15, -0.1) is 0 Å². The van der Waals surface area contributed by atoms with E-state index in [9.17, 15) is 0 Å². The Labute approximate surface area is 121 Å². The molecule has 2 aromatic carbocycles. The molecule has 20 heavy (non-hydrogen) atoms. The lowest BCUT2D eigenvalue weighted by Crippen LogP contribution is -2.12. The van der Waals surface area contributed by atoms with E-state index in [2.05, 4.69) is 45.0 Å². The normalized spacial score (nSPS) is 11.4. The maximum absolute atomic E-state index is 6.04. The van der Waals surface area contributed by atoms with Crippen molar-refractivity contribution in [2.24, 2.45) is 5.73 Å². The van der Waals surface area contributed by atoms with Crippen molar-refractivity contribution >= 4 is 0 Å². The number of hydrogen-bond acceptors (Lipinski definition) is 2. The van der Waals surface area contributed by atoms with Crippen LogP contribution < -0.4 is 10.5 Å². The molecule has 0 aromatic heterocycles. The minimum Gasteiger partial charge on any atom is -0.457 e. The monoisotopic (exact) mass is 269 g/mol. The molecule has 0 atom stereocenters. The fourth-order valence-corrected chi connectivity index (χ4v) is 2.19. The van der Waals surface area contributed by atoms with Gasteiger partial charge in [-0.1, -0.05) is 51.1 Å². The van der Waals surface area contributed by atoms with E-state index >= 15 is 0 Å². The van der Waals surface area contributed by atoms with Crippen LogP contribution >= 0.6 is 0 Å². The van der Waals surface area contributed by atoms with Crippen molar-refractivity contribution in [1.82, 2.24) is 0 Å². The number of benzene rings is 2. The van der Waals surface area contributed by atoms with Gasteiger partial charge < -0.3 is 10.5 Å². The summed E-state index contributed by atoms with van der Waals surface area (Å²) in [7, 11) is 0. The predicted molar refractivity (Wildman–Crippen MR) is 84.4 cm³/mol. The van der Waals surface area contributed by atoms with Crippen LogP contribution in [0.25, 0.3) is 0 Å². The molecule has 0 aliphatic heterocycles. The minimum absolute atomic E-state index is 0.0656. The minimum atomic E-state index is 0.0656. The van der Waals surface area contributed by atoms with Gasteiger partial charge in [0, 0.05) is 5.56 Å². The molecule has 2 N–H and O–H groups in total. The Morgan fingerprint density at radius 1 is 0.950 bits per heavy atom. The highest BCUT2D eigenvalue weighted by Gasteiger charge is 2.18. The Bertz CT molecular complexity index is 552. The van der Waals surface area contributed by atoms with Crippen LogP contribution in [0, 0.1) is 0 Å². The SMILES string of the molecule is CC(C)(C)c1ccccc1Oc1ccc(CCN)cc1. The van der Waals surface area contributed by atoms with Gasteiger partial charge in [0.2, 0.25) is 0 Å². The van der Waals surface area contributed by atoms with E-state index in [0.29, 0.717) is 6.54 Å². The molecule has 0 radical (unpaired) electrons. The zero-order chi connectivity index (χ0) is 14.6. The predicted octanol–water partition coefficient (Wildman–Crippen LogP) is 4.28. The second-order valence-corrected chi connectivity index (χ2v) is 6.03. The second kappa shape index (κ2) is 6.10. The van der Waals surface area contributed by atoms with E-state index in [-0.39, 0.29) is 5.41 Å². The van der Waals surface area contributed by atoms with Gasteiger partial charge in [-0.25, -0.2) is 0 Å². The number of nitrogens with two attached hydrogens (primary N) is 1. The van der Waals surface area contributed by atoms with Crippen molar-refractivity contribution < 1.29 is 4.74 Å². The molecule has 2 nitrogen and oxygen atoms in total. The highest BCUT2D eigenvalue weighted by molar-refractivity contribution is 5.42. The lowest BCUT2D eigenvalue weighted by atomic mass is 9.86. The van der Waals surface area contributed by atoms with E-state index < -0.39 is 0 Å². The van der Waals surface area contributed by atoms with Gasteiger partial charge in [0.05, 0.1) is 0 Å². The van der Waals surface area contributed by atoms with Crippen LogP contribution in [0.3, 0.4) is 0 Å². The van der Waals surface area contributed by atoms with Crippen LogP contribution in [0.5, 0.6) is 11.5 Å². The molecule has 0 bridgehead atoms. The zero-order valence-corrected chi connectivity index (χ0v) is 12.5. The molecule has 0 aliphatic carbocycles. The first kappa shape index (κ1) is 14.6. The molecular formula is C18H23NO. The Morgan fingerprint density at radius 2 is 1.60 bits per heavy atom. The number of hydrogen-bond donors (Lipinski definition) is 1. The Morgan fingerprint density at radius 3 is 2.20 bits per heavy atom. The van der Waals surface area contributed by atoms with Gasteiger partial charge in [-0.05, 0) is 42.1 Å². The van der Waals surface area contributed by atoms with Gasteiger partial charge >= 0.3 is 0 Å². The number of para-hydroxylation sites is 1. The van der Waals surface area contributed by atoms with E-state index in [4.69, 9.17) is 10.5 Å². The third-order valence-electron chi connectivity index (χ3n) is 3.28. The van der Waals surface area contributed by atoms with Crippen molar-refractivity contribution in [2.75, 3.05) is 6.54 Å². The quantitative estimate of drug-likeness (QED) is 0.899. The molecular weight excluding hydrogens is 246 g/mol. The van der Waals surface area contributed by atoms with Crippen molar-refractivity contribution in [3.63, 3.8) is 0 Å². The molecule has 0 saturated carbocycles. The van der Waals surface area contributed by atoms with Crippen LogP contribution in [0.4, 0.5) is 0 Å². The summed E-state index contributed by atoms with van der Waals surface area (Å²) in [6, 6.07) is 16.4. The van der Waals surface area contributed by atoms with E-state index in [1.54, 1.807) is 0 Å². The molecule has 0 amide bonds. The number of ether oxygens (including phenoxy) is 1. The Balaban J connectivity index is 2.22. The average molecular weight is 269 g/mol. The topological polar surface area (TPSA) is 35.2 Å².